The molecule has 1 aliphatic rings. The molecule has 39 heavy (non-hydrogen) atoms. The number of amides is 2. The number of methoxy groups -OCH3 is 2. The summed E-state index contributed by atoms with van der Waals surface area (Å²) in [6.07, 6.45) is 0. The van der Waals surface area contributed by atoms with Gasteiger partial charge in [-0.05, 0) is 79.8 Å². The average molecular weight is 549 g/mol. The van der Waals surface area contributed by atoms with Gasteiger partial charge in [-0.15, -0.1) is 0 Å². The van der Waals surface area contributed by atoms with E-state index in [-0.39, 0.29) is 16.9 Å². The Morgan fingerprint density at radius 3 is 2.00 bits per heavy atom. The first-order chi connectivity index (χ1) is 18.9. The van der Waals surface area contributed by atoms with Gasteiger partial charge in [0, 0.05) is 54.7 Å². The number of rotatable bonds is 8. The first-order valence-electron chi connectivity index (χ1n) is 12.6. The molecule has 9 nitrogen and oxygen atoms in total. The fourth-order valence-electron chi connectivity index (χ4n) is 4.24. The van der Waals surface area contributed by atoms with Crippen molar-refractivity contribution in [3.05, 3.63) is 77.9 Å². The van der Waals surface area contributed by atoms with Crippen LogP contribution in [0.25, 0.3) is 0 Å². The number of carbonyl (C=O) groups excluding carboxylic acids is 2. The fourth-order valence-corrected chi connectivity index (χ4v) is 4.45. The molecule has 0 unspecified atom stereocenters. The van der Waals surface area contributed by atoms with Gasteiger partial charge in [0.15, 0.2) is 5.11 Å². The number of nitrogens with zero attached hydrogens (tertiary/aromatic N) is 2. The fraction of sp³-hybridized carbons (Fsp3) is 0.276. The highest BCUT2D eigenvalue weighted by Gasteiger charge is 2.23. The third kappa shape index (κ3) is 7.17. The minimum atomic E-state index is -0.299. The van der Waals surface area contributed by atoms with Crippen molar-refractivity contribution in [3.8, 4) is 17.2 Å². The Morgan fingerprint density at radius 1 is 0.821 bits per heavy atom. The summed E-state index contributed by atoms with van der Waals surface area (Å²) in [6.45, 7) is 5.07. The lowest BCUT2D eigenvalue weighted by Gasteiger charge is -2.36. The smallest absolute Gasteiger partial charge is 0.257 e. The maximum Gasteiger partial charge on any atom is 0.257 e. The van der Waals surface area contributed by atoms with E-state index in [1.807, 2.05) is 36.1 Å². The second-order valence-corrected chi connectivity index (χ2v) is 9.20. The second-order valence-electron chi connectivity index (χ2n) is 8.79. The molecule has 1 aliphatic heterocycles. The highest BCUT2D eigenvalue weighted by Crippen LogP contribution is 2.25. The molecule has 10 heteroatoms. The normalized spacial score (nSPS) is 12.9. The lowest BCUT2D eigenvalue weighted by Crippen LogP contribution is -2.48. The van der Waals surface area contributed by atoms with Gasteiger partial charge in [0.05, 0.1) is 20.8 Å². The number of hydrogen-bond donors (Lipinski definition) is 2. The molecule has 4 rings (SSSR count). The minimum Gasteiger partial charge on any atom is -0.497 e. The molecule has 3 aromatic carbocycles. The zero-order valence-corrected chi connectivity index (χ0v) is 23.0. The Hall–Kier alpha value is -4.31. The van der Waals surface area contributed by atoms with Crippen molar-refractivity contribution in [3.63, 3.8) is 0 Å². The van der Waals surface area contributed by atoms with Gasteiger partial charge in [-0.2, -0.15) is 0 Å². The molecule has 2 N–H and O–H groups in total. The molecule has 0 atom stereocenters. The topological polar surface area (TPSA) is 92.4 Å². The van der Waals surface area contributed by atoms with Gasteiger partial charge >= 0.3 is 0 Å². The highest BCUT2D eigenvalue weighted by molar-refractivity contribution is 7.80. The Labute approximate surface area is 233 Å². The Bertz CT molecular complexity index is 1280. The highest BCUT2D eigenvalue weighted by atomic mass is 32.1. The van der Waals surface area contributed by atoms with Crippen molar-refractivity contribution in [2.24, 2.45) is 0 Å². The zero-order valence-electron chi connectivity index (χ0n) is 22.2. The van der Waals surface area contributed by atoms with Gasteiger partial charge in [-0.3, -0.25) is 14.9 Å². The monoisotopic (exact) mass is 548 g/mol. The maximum atomic E-state index is 13.1. The number of thiocarbonyl (C=S) groups is 1. The summed E-state index contributed by atoms with van der Waals surface area (Å²) < 4.78 is 16.0. The van der Waals surface area contributed by atoms with E-state index in [1.165, 1.54) is 0 Å². The van der Waals surface area contributed by atoms with Crippen molar-refractivity contribution < 1.29 is 23.8 Å². The van der Waals surface area contributed by atoms with E-state index < -0.39 is 0 Å². The van der Waals surface area contributed by atoms with Crippen LogP contribution in [0.3, 0.4) is 0 Å². The SMILES string of the molecule is CCOc1ccc(C(=O)NC(=S)Nc2ccc(N3CCN(C(=O)c4cc(OC)cc(OC)c4)CC3)cc2)cc1. The number of piperazine rings is 1. The standard InChI is InChI=1S/C29H32N4O5S/c1-4-38-24-11-5-20(6-12-24)27(34)31-29(39)30-22-7-9-23(10-8-22)32-13-15-33(16-14-32)28(35)21-17-25(36-2)19-26(18-21)37-3/h5-12,17-19H,4,13-16H2,1-3H3,(H2,30,31,34,39). The van der Waals surface area contributed by atoms with Crippen LogP contribution in [0.15, 0.2) is 66.7 Å². The van der Waals surface area contributed by atoms with Crippen LogP contribution in [-0.2, 0) is 0 Å². The number of benzene rings is 3. The average Bonchev–Trinajstić information content (AvgIpc) is 2.97. The molecule has 0 bridgehead atoms. The number of ether oxygens (including phenoxy) is 3. The van der Waals surface area contributed by atoms with Crippen LogP contribution in [0.4, 0.5) is 11.4 Å². The summed E-state index contributed by atoms with van der Waals surface area (Å²) in [5.74, 6) is 1.53. The summed E-state index contributed by atoms with van der Waals surface area (Å²) in [4.78, 5) is 29.6. The first-order valence-corrected chi connectivity index (χ1v) is 13.0. The van der Waals surface area contributed by atoms with Crippen LogP contribution < -0.4 is 29.7 Å². The number of anilines is 2. The largest absolute Gasteiger partial charge is 0.497 e. The summed E-state index contributed by atoms with van der Waals surface area (Å²) in [6, 6.07) is 19.9. The van der Waals surface area contributed by atoms with Gasteiger partial charge in [0.25, 0.3) is 11.8 Å². The predicted molar refractivity (Wildman–Crippen MR) is 155 cm³/mol. The number of hydrogen-bond acceptors (Lipinski definition) is 7. The predicted octanol–water partition coefficient (Wildman–Crippen LogP) is 4.19. The van der Waals surface area contributed by atoms with E-state index in [0.717, 1.165) is 11.4 Å². The van der Waals surface area contributed by atoms with Gasteiger partial charge in [-0.25, -0.2) is 0 Å². The Kier molecular flexibility index (Phi) is 9.22. The molecular weight excluding hydrogens is 516 g/mol. The first kappa shape index (κ1) is 27.7. The molecule has 204 valence electrons. The van der Waals surface area contributed by atoms with Crippen molar-refractivity contribution >= 4 is 40.5 Å². The molecule has 0 spiro atoms. The summed E-state index contributed by atoms with van der Waals surface area (Å²) in [5.41, 5.74) is 2.83. The lowest BCUT2D eigenvalue weighted by atomic mass is 10.1. The van der Waals surface area contributed by atoms with E-state index in [0.29, 0.717) is 61.2 Å². The molecule has 3 aromatic rings. The lowest BCUT2D eigenvalue weighted by molar-refractivity contribution is 0.0745. The Morgan fingerprint density at radius 2 is 1.44 bits per heavy atom. The molecule has 0 aliphatic carbocycles. The van der Waals surface area contributed by atoms with Gasteiger partial charge in [0.1, 0.15) is 17.2 Å². The molecule has 2 amide bonds. The van der Waals surface area contributed by atoms with Crippen LogP contribution in [0.5, 0.6) is 17.2 Å². The minimum absolute atomic E-state index is 0.0489. The molecule has 0 saturated carbocycles. The molecule has 1 saturated heterocycles. The molecule has 1 heterocycles. The molecule has 0 radical (unpaired) electrons. The van der Waals surface area contributed by atoms with E-state index in [2.05, 4.69) is 15.5 Å². The van der Waals surface area contributed by atoms with Crippen LogP contribution >= 0.6 is 12.2 Å². The van der Waals surface area contributed by atoms with Crippen LogP contribution in [0, 0.1) is 0 Å². The van der Waals surface area contributed by atoms with Crippen LogP contribution in [-0.4, -0.2) is 68.8 Å². The summed E-state index contributed by atoms with van der Waals surface area (Å²) >= 11 is 5.32. The molecular formula is C29H32N4O5S. The van der Waals surface area contributed by atoms with E-state index in [4.69, 9.17) is 26.4 Å². The van der Waals surface area contributed by atoms with Crippen molar-refractivity contribution in [2.45, 2.75) is 6.92 Å². The van der Waals surface area contributed by atoms with E-state index in [1.54, 1.807) is 56.7 Å². The number of nitrogens with one attached hydrogen (secondary N) is 2. The molecule has 0 aromatic heterocycles. The summed E-state index contributed by atoms with van der Waals surface area (Å²) in [5, 5.41) is 5.95. The van der Waals surface area contributed by atoms with Crippen molar-refractivity contribution in [1.82, 2.24) is 10.2 Å². The van der Waals surface area contributed by atoms with Gasteiger partial charge in [0.2, 0.25) is 0 Å². The Balaban J connectivity index is 1.28. The maximum absolute atomic E-state index is 13.1. The van der Waals surface area contributed by atoms with Crippen molar-refractivity contribution in [2.75, 3.05) is 57.2 Å². The van der Waals surface area contributed by atoms with Gasteiger partial charge in [-0.1, -0.05) is 0 Å². The zero-order chi connectivity index (χ0) is 27.8. The third-order valence-electron chi connectivity index (χ3n) is 6.31. The van der Waals surface area contributed by atoms with Crippen molar-refractivity contribution in [1.29, 1.82) is 0 Å². The summed E-state index contributed by atoms with van der Waals surface area (Å²) in [7, 11) is 3.13. The van der Waals surface area contributed by atoms with Gasteiger partial charge < -0.3 is 29.3 Å². The van der Waals surface area contributed by atoms with E-state index in [9.17, 15) is 9.59 Å². The van der Waals surface area contributed by atoms with E-state index >= 15 is 0 Å². The number of carbonyl (C=O) groups is 2. The molecule has 1 fully saturated rings. The second kappa shape index (κ2) is 13.0. The quantitative estimate of drug-likeness (QED) is 0.405. The third-order valence-corrected chi connectivity index (χ3v) is 6.51. The van der Waals surface area contributed by atoms with Crippen LogP contribution in [0.1, 0.15) is 27.6 Å². The van der Waals surface area contributed by atoms with Crippen LogP contribution in [0.2, 0.25) is 0 Å².